The number of benzene rings is 1. The molecule has 1 aromatic heterocycles. The first-order chi connectivity index (χ1) is 13.5. The summed E-state index contributed by atoms with van der Waals surface area (Å²) >= 11 is 0. The van der Waals surface area contributed by atoms with Crippen LogP contribution in [0.15, 0.2) is 34.9 Å². The third-order valence-electron chi connectivity index (χ3n) is 5.18. The van der Waals surface area contributed by atoms with Gasteiger partial charge in [-0.1, -0.05) is 17.3 Å². The Morgan fingerprint density at radius 1 is 1.29 bits per heavy atom. The highest BCUT2D eigenvalue weighted by Crippen LogP contribution is 2.21. The third-order valence-corrected chi connectivity index (χ3v) is 5.18. The molecule has 0 saturated carbocycles. The van der Waals surface area contributed by atoms with E-state index in [1.807, 2.05) is 18.7 Å². The maximum atomic E-state index is 13.3. The lowest BCUT2D eigenvalue weighted by molar-refractivity contribution is -0.136. The number of rotatable bonds is 6. The highest BCUT2D eigenvalue weighted by molar-refractivity contribution is 5.92. The molecule has 150 valence electrons. The van der Waals surface area contributed by atoms with Gasteiger partial charge in [0.1, 0.15) is 5.82 Å². The van der Waals surface area contributed by atoms with Gasteiger partial charge in [0.25, 0.3) is 5.91 Å². The van der Waals surface area contributed by atoms with Gasteiger partial charge in [0, 0.05) is 38.7 Å². The molecular formula is C21H26FN3O3. The van der Waals surface area contributed by atoms with Gasteiger partial charge in [-0.3, -0.25) is 9.59 Å². The van der Waals surface area contributed by atoms with Crippen LogP contribution >= 0.6 is 0 Å². The van der Waals surface area contributed by atoms with Crippen LogP contribution in [0.4, 0.5) is 4.39 Å². The number of hydrogen-bond acceptors (Lipinski definition) is 4. The molecule has 1 saturated heterocycles. The quantitative estimate of drug-likeness (QED) is 0.764. The van der Waals surface area contributed by atoms with Crippen LogP contribution < -0.4 is 0 Å². The minimum atomic E-state index is -0.311. The van der Waals surface area contributed by atoms with E-state index in [1.54, 1.807) is 23.1 Å². The van der Waals surface area contributed by atoms with Gasteiger partial charge in [-0.15, -0.1) is 0 Å². The molecule has 0 unspecified atom stereocenters. The fraction of sp³-hybridized carbons (Fsp3) is 0.476. The second-order valence-corrected chi connectivity index (χ2v) is 7.09. The molecule has 1 aliphatic heterocycles. The first-order valence-corrected chi connectivity index (χ1v) is 9.79. The van der Waals surface area contributed by atoms with Gasteiger partial charge in [-0.05, 0) is 44.4 Å². The second-order valence-electron chi connectivity index (χ2n) is 7.09. The zero-order valence-electron chi connectivity index (χ0n) is 16.4. The molecule has 2 aromatic rings. The topological polar surface area (TPSA) is 66.7 Å². The zero-order chi connectivity index (χ0) is 20.1. The van der Waals surface area contributed by atoms with E-state index in [4.69, 9.17) is 4.52 Å². The van der Waals surface area contributed by atoms with Crippen LogP contribution in [0.3, 0.4) is 0 Å². The highest BCUT2D eigenvalue weighted by Gasteiger charge is 2.32. The van der Waals surface area contributed by atoms with E-state index in [9.17, 15) is 14.0 Å². The number of halogens is 1. The highest BCUT2D eigenvalue weighted by atomic mass is 19.1. The largest absolute Gasteiger partial charge is 0.351 e. The van der Waals surface area contributed by atoms with Gasteiger partial charge in [-0.2, -0.15) is 0 Å². The Kier molecular flexibility index (Phi) is 6.44. The maximum Gasteiger partial charge on any atom is 0.292 e. The number of aromatic nitrogens is 1. The van der Waals surface area contributed by atoms with Crippen LogP contribution in [0.1, 0.15) is 48.5 Å². The summed E-state index contributed by atoms with van der Waals surface area (Å²) in [7, 11) is 0. The van der Waals surface area contributed by atoms with Crippen LogP contribution in [0.5, 0.6) is 0 Å². The van der Waals surface area contributed by atoms with E-state index < -0.39 is 0 Å². The van der Waals surface area contributed by atoms with Gasteiger partial charge in [0.05, 0.1) is 11.6 Å². The molecule has 0 spiro atoms. The Hall–Kier alpha value is -2.70. The van der Waals surface area contributed by atoms with Crippen LogP contribution in [-0.2, 0) is 11.2 Å². The summed E-state index contributed by atoms with van der Waals surface area (Å²) in [5.41, 5.74) is 1.33. The molecule has 0 bridgehead atoms. The van der Waals surface area contributed by atoms with Crippen molar-refractivity contribution in [3.8, 4) is 0 Å². The van der Waals surface area contributed by atoms with Gasteiger partial charge < -0.3 is 14.3 Å². The molecule has 3 rings (SSSR count). The Morgan fingerprint density at radius 3 is 2.79 bits per heavy atom. The van der Waals surface area contributed by atoms with E-state index in [-0.39, 0.29) is 29.3 Å². The van der Waals surface area contributed by atoms with E-state index in [2.05, 4.69) is 5.16 Å². The Morgan fingerprint density at radius 2 is 2.07 bits per heavy atom. The van der Waals surface area contributed by atoms with E-state index in [1.165, 1.54) is 12.1 Å². The van der Waals surface area contributed by atoms with Crippen molar-refractivity contribution in [2.75, 3.05) is 26.2 Å². The Bertz CT molecular complexity index is 832. The zero-order valence-corrected chi connectivity index (χ0v) is 16.4. The fourth-order valence-corrected chi connectivity index (χ4v) is 3.66. The lowest BCUT2D eigenvalue weighted by Crippen LogP contribution is -2.46. The monoisotopic (exact) mass is 387 g/mol. The molecule has 0 radical (unpaired) electrons. The Labute approximate surface area is 164 Å². The number of carbonyl (C=O) groups is 2. The first-order valence-electron chi connectivity index (χ1n) is 9.79. The smallest absolute Gasteiger partial charge is 0.292 e. The first kappa shape index (κ1) is 20.0. The molecule has 7 heteroatoms. The summed E-state index contributed by atoms with van der Waals surface area (Å²) in [5.74, 6) is -0.481. The average molecular weight is 387 g/mol. The number of likely N-dealkylation sites (tertiary alicyclic amines) is 1. The minimum absolute atomic E-state index is 0.104. The van der Waals surface area contributed by atoms with Crippen LogP contribution in [-0.4, -0.2) is 52.9 Å². The molecule has 2 heterocycles. The molecule has 1 atom stereocenters. The number of nitrogens with zero attached hydrogens (tertiary/aromatic N) is 3. The molecule has 6 nitrogen and oxygen atoms in total. The van der Waals surface area contributed by atoms with Crippen molar-refractivity contribution < 1.29 is 18.5 Å². The summed E-state index contributed by atoms with van der Waals surface area (Å²) in [5, 5.41) is 3.95. The summed E-state index contributed by atoms with van der Waals surface area (Å²) in [6.45, 7) is 6.26. The van der Waals surface area contributed by atoms with Crippen molar-refractivity contribution in [2.45, 2.75) is 33.1 Å². The SMILES string of the molecule is CCN(CC)C(=O)[C@H]1CCCN(C(=O)c2cc(Cc3cccc(F)c3)no2)C1. The molecule has 1 fully saturated rings. The van der Waals surface area contributed by atoms with Crippen molar-refractivity contribution in [3.63, 3.8) is 0 Å². The average Bonchev–Trinajstić information content (AvgIpc) is 3.16. The normalized spacial score (nSPS) is 16.8. The fourth-order valence-electron chi connectivity index (χ4n) is 3.66. The second kappa shape index (κ2) is 8.99. The van der Waals surface area contributed by atoms with Crippen molar-refractivity contribution >= 4 is 11.8 Å². The molecular weight excluding hydrogens is 361 g/mol. The molecule has 0 aliphatic carbocycles. The summed E-state index contributed by atoms with van der Waals surface area (Å²) in [4.78, 5) is 28.9. The molecule has 1 aromatic carbocycles. The van der Waals surface area contributed by atoms with Gasteiger partial charge in [0.2, 0.25) is 11.7 Å². The van der Waals surface area contributed by atoms with Crippen molar-refractivity contribution in [2.24, 2.45) is 5.92 Å². The predicted molar refractivity (Wildman–Crippen MR) is 102 cm³/mol. The lowest BCUT2D eigenvalue weighted by atomic mass is 9.96. The summed E-state index contributed by atoms with van der Waals surface area (Å²) in [6.07, 6.45) is 1.96. The molecule has 1 aliphatic rings. The van der Waals surface area contributed by atoms with E-state index in [0.717, 1.165) is 18.4 Å². The number of carbonyl (C=O) groups excluding carboxylic acids is 2. The standard InChI is InChI=1S/C21H26FN3O3/c1-3-24(4-2)20(26)16-8-6-10-25(14-16)21(27)19-13-18(23-28-19)12-15-7-5-9-17(22)11-15/h5,7,9,11,13,16H,3-4,6,8,10,12,14H2,1-2H3/t16-/m0/s1. The molecule has 0 N–H and O–H groups in total. The Balaban J connectivity index is 1.65. The van der Waals surface area contributed by atoms with Gasteiger partial charge >= 0.3 is 0 Å². The minimum Gasteiger partial charge on any atom is -0.351 e. The number of hydrogen-bond donors (Lipinski definition) is 0. The van der Waals surface area contributed by atoms with Crippen molar-refractivity contribution in [1.82, 2.24) is 15.0 Å². The van der Waals surface area contributed by atoms with E-state index >= 15 is 0 Å². The van der Waals surface area contributed by atoms with E-state index in [0.29, 0.717) is 38.3 Å². The summed E-state index contributed by atoms with van der Waals surface area (Å²) in [6, 6.07) is 7.85. The van der Waals surface area contributed by atoms with Gasteiger partial charge in [-0.25, -0.2) is 4.39 Å². The third kappa shape index (κ3) is 4.58. The molecule has 2 amide bonds. The van der Waals surface area contributed by atoms with Gasteiger partial charge in [0.15, 0.2) is 0 Å². The molecule has 28 heavy (non-hydrogen) atoms. The van der Waals surface area contributed by atoms with Crippen LogP contribution in [0, 0.1) is 11.7 Å². The van der Waals surface area contributed by atoms with Crippen LogP contribution in [0.25, 0.3) is 0 Å². The lowest BCUT2D eigenvalue weighted by Gasteiger charge is -2.34. The van der Waals surface area contributed by atoms with Crippen molar-refractivity contribution in [3.05, 3.63) is 53.2 Å². The number of amides is 2. The maximum absolute atomic E-state index is 13.3. The summed E-state index contributed by atoms with van der Waals surface area (Å²) < 4.78 is 18.6. The predicted octanol–water partition coefficient (Wildman–Crippen LogP) is 3.13. The van der Waals surface area contributed by atoms with Crippen LogP contribution in [0.2, 0.25) is 0 Å². The number of piperidine rings is 1. The van der Waals surface area contributed by atoms with Crippen molar-refractivity contribution in [1.29, 1.82) is 0 Å².